The van der Waals surface area contributed by atoms with Gasteiger partial charge in [-0.1, -0.05) is 5.16 Å². The lowest BCUT2D eigenvalue weighted by atomic mass is 9.98. The first-order valence-corrected chi connectivity index (χ1v) is 13.0. The molecular formula is C21H30ClN7O7S2. The van der Waals surface area contributed by atoms with Crippen molar-refractivity contribution in [3.05, 3.63) is 17.6 Å². The van der Waals surface area contributed by atoms with Gasteiger partial charge in [0.15, 0.2) is 5.13 Å². The summed E-state index contributed by atoms with van der Waals surface area (Å²) in [4.78, 5) is 60.9. The SMILES string of the molecule is CC1C=C(C(=O)OCOC(=O)C(C)(C)C)N2C(=O)C(NC(=O)C(=NOCCCN)c3nsc(N)n3)[C@H]2S1.Cl. The van der Waals surface area contributed by atoms with E-state index in [0.717, 1.165) is 11.5 Å². The zero-order valence-corrected chi connectivity index (χ0v) is 23.6. The average molecular weight is 592 g/mol. The number of nitrogens with one attached hydrogen (secondary N) is 1. The van der Waals surface area contributed by atoms with Gasteiger partial charge < -0.3 is 31.1 Å². The Morgan fingerprint density at radius 1 is 1.26 bits per heavy atom. The van der Waals surface area contributed by atoms with Crippen LogP contribution in [-0.4, -0.2) is 80.3 Å². The summed E-state index contributed by atoms with van der Waals surface area (Å²) in [6, 6.07) is -0.958. The van der Waals surface area contributed by atoms with Gasteiger partial charge in [0.05, 0.1) is 5.41 Å². The maximum absolute atomic E-state index is 13.0. The highest BCUT2D eigenvalue weighted by Crippen LogP contribution is 2.41. The van der Waals surface area contributed by atoms with Gasteiger partial charge in [0.25, 0.3) is 11.8 Å². The second-order valence-electron chi connectivity index (χ2n) is 9.05. The van der Waals surface area contributed by atoms with Gasteiger partial charge in [-0.2, -0.15) is 9.36 Å². The lowest BCUT2D eigenvalue weighted by Gasteiger charge is -2.49. The molecule has 3 heterocycles. The molecular weight excluding hydrogens is 562 g/mol. The molecule has 5 N–H and O–H groups in total. The number of carbonyl (C=O) groups excluding carboxylic acids is 4. The third-order valence-electron chi connectivity index (χ3n) is 5.00. The lowest BCUT2D eigenvalue weighted by molar-refractivity contribution is -0.173. The van der Waals surface area contributed by atoms with Crippen LogP contribution in [0.2, 0.25) is 0 Å². The smallest absolute Gasteiger partial charge is 0.357 e. The van der Waals surface area contributed by atoms with Crippen molar-refractivity contribution in [2.75, 3.05) is 25.7 Å². The number of fused-ring (bicyclic) bond motifs is 1. The van der Waals surface area contributed by atoms with E-state index in [1.54, 1.807) is 26.8 Å². The van der Waals surface area contributed by atoms with Crippen molar-refractivity contribution in [1.29, 1.82) is 0 Å². The number of thioether (sulfide) groups is 1. The summed E-state index contributed by atoms with van der Waals surface area (Å²) in [7, 11) is 0. The molecule has 17 heteroatoms. The molecule has 0 spiro atoms. The number of aromatic nitrogens is 2. The van der Waals surface area contributed by atoms with Gasteiger partial charge in [-0.3, -0.25) is 19.3 Å². The maximum atomic E-state index is 13.0. The number of nitrogens with two attached hydrogens (primary N) is 2. The zero-order valence-electron chi connectivity index (χ0n) is 21.2. The van der Waals surface area contributed by atoms with Crippen LogP contribution in [0.25, 0.3) is 0 Å². The second-order valence-corrected chi connectivity index (χ2v) is 11.3. The summed E-state index contributed by atoms with van der Waals surface area (Å²) in [5.41, 5.74) is 10.1. The highest BCUT2D eigenvalue weighted by Gasteiger charge is 2.54. The Morgan fingerprint density at radius 2 is 1.97 bits per heavy atom. The molecule has 0 aliphatic carbocycles. The van der Waals surface area contributed by atoms with E-state index < -0.39 is 47.4 Å². The molecule has 2 aliphatic heterocycles. The number of anilines is 1. The van der Waals surface area contributed by atoms with E-state index in [1.165, 1.54) is 16.7 Å². The molecule has 1 aromatic rings. The predicted molar refractivity (Wildman–Crippen MR) is 142 cm³/mol. The fourth-order valence-electron chi connectivity index (χ4n) is 3.13. The number of hydrogen-bond acceptors (Lipinski definition) is 14. The lowest BCUT2D eigenvalue weighted by Crippen LogP contribution is -2.71. The standard InChI is InChI=1S/C21H29N7O7S2.ClH/c1-10-8-11(18(31)33-9-34-19(32)21(2,3)4)28-16(30)13(17(28)36-10)24-15(29)12(26-35-7-5-6-22)14-25-20(23)37-27-14;/h8,10,13,17H,5-7,9,22H2,1-4H3,(H,24,29)(H2,23,25,27);1H/t10?,13?,17-;/m1./s1. The first-order valence-electron chi connectivity index (χ1n) is 11.3. The zero-order chi connectivity index (χ0) is 27.3. The summed E-state index contributed by atoms with van der Waals surface area (Å²) < 4.78 is 14.0. The third kappa shape index (κ3) is 7.33. The largest absolute Gasteiger partial charge is 0.427 e. The number of nitrogens with zero attached hydrogens (tertiary/aromatic N) is 4. The molecule has 0 aromatic carbocycles. The van der Waals surface area contributed by atoms with Crippen LogP contribution >= 0.6 is 35.7 Å². The molecule has 0 radical (unpaired) electrons. The number of esters is 2. The van der Waals surface area contributed by atoms with E-state index in [-0.39, 0.29) is 46.6 Å². The summed E-state index contributed by atoms with van der Waals surface area (Å²) in [6.45, 7) is 6.78. The Morgan fingerprint density at radius 3 is 2.58 bits per heavy atom. The Hall–Kier alpha value is -2.95. The maximum Gasteiger partial charge on any atom is 0.357 e. The number of rotatable bonds is 10. The summed E-state index contributed by atoms with van der Waals surface area (Å²) in [5.74, 6) is -2.68. The van der Waals surface area contributed by atoms with Crippen molar-refractivity contribution in [3.63, 3.8) is 0 Å². The minimum atomic E-state index is -0.958. The van der Waals surface area contributed by atoms with Gasteiger partial charge in [0.2, 0.25) is 18.3 Å². The summed E-state index contributed by atoms with van der Waals surface area (Å²) >= 11 is 2.24. The highest BCUT2D eigenvalue weighted by atomic mass is 35.5. The number of ether oxygens (including phenoxy) is 2. The van der Waals surface area contributed by atoms with E-state index in [4.69, 9.17) is 25.8 Å². The van der Waals surface area contributed by atoms with Crippen molar-refractivity contribution >= 4 is 70.3 Å². The topological polar surface area (TPSA) is 201 Å². The summed E-state index contributed by atoms with van der Waals surface area (Å²) in [6.07, 6.45) is 2.09. The van der Waals surface area contributed by atoms with E-state index >= 15 is 0 Å². The van der Waals surface area contributed by atoms with Crippen LogP contribution < -0.4 is 16.8 Å². The number of carbonyl (C=O) groups is 4. The number of hydrogen-bond donors (Lipinski definition) is 3. The molecule has 3 atom stereocenters. The third-order valence-corrected chi connectivity index (χ3v) is 6.87. The number of β-lactam (4-membered cyclic amide) rings is 1. The molecule has 2 unspecified atom stereocenters. The Bertz CT molecular complexity index is 1120. The van der Waals surface area contributed by atoms with E-state index in [9.17, 15) is 19.2 Å². The molecule has 0 bridgehead atoms. The Balaban J connectivity index is 0.00000507. The quantitative estimate of drug-likeness (QED) is 0.0844. The summed E-state index contributed by atoms with van der Waals surface area (Å²) in [5, 5.41) is 5.81. The number of amides is 2. The van der Waals surface area contributed by atoms with Crippen molar-refractivity contribution in [2.45, 2.75) is 50.8 Å². The molecule has 210 valence electrons. The molecule has 1 aromatic heterocycles. The molecule has 3 rings (SSSR count). The minimum Gasteiger partial charge on any atom is -0.427 e. The van der Waals surface area contributed by atoms with Gasteiger partial charge in [0, 0.05) is 16.8 Å². The van der Waals surface area contributed by atoms with Crippen molar-refractivity contribution in [1.82, 2.24) is 19.6 Å². The first-order chi connectivity index (χ1) is 17.4. The van der Waals surface area contributed by atoms with Gasteiger partial charge in [-0.25, -0.2) is 4.79 Å². The van der Waals surface area contributed by atoms with E-state index in [0.29, 0.717) is 13.0 Å². The Kier molecular flexibility index (Phi) is 10.9. The van der Waals surface area contributed by atoms with Crippen molar-refractivity contribution in [3.8, 4) is 0 Å². The van der Waals surface area contributed by atoms with Gasteiger partial charge in [-0.05, 0) is 46.7 Å². The molecule has 0 saturated carbocycles. The fraction of sp³-hybridized carbons (Fsp3) is 0.571. The van der Waals surface area contributed by atoms with E-state index in [2.05, 4.69) is 19.8 Å². The fourth-order valence-corrected chi connectivity index (χ4v) is 4.89. The molecule has 14 nitrogen and oxygen atoms in total. The predicted octanol–water partition coefficient (Wildman–Crippen LogP) is 0.374. The molecule has 2 amide bonds. The molecule has 1 saturated heterocycles. The van der Waals surface area contributed by atoms with Gasteiger partial charge in [-0.15, -0.1) is 24.2 Å². The van der Waals surface area contributed by atoms with Crippen molar-refractivity contribution < 1.29 is 33.5 Å². The molecule has 38 heavy (non-hydrogen) atoms. The van der Waals surface area contributed by atoms with E-state index in [1.807, 2.05) is 6.92 Å². The monoisotopic (exact) mass is 591 g/mol. The first kappa shape index (κ1) is 31.3. The second kappa shape index (κ2) is 13.2. The van der Waals surface area contributed by atoms with Crippen LogP contribution in [0.4, 0.5) is 5.13 Å². The highest BCUT2D eigenvalue weighted by molar-refractivity contribution is 8.00. The van der Waals surface area contributed by atoms with Crippen LogP contribution in [0.1, 0.15) is 39.9 Å². The van der Waals surface area contributed by atoms with Crippen LogP contribution in [0, 0.1) is 5.41 Å². The number of halogens is 1. The number of nitrogen functional groups attached to an aromatic ring is 1. The number of oxime groups is 1. The van der Waals surface area contributed by atoms with Crippen LogP contribution in [-0.2, 0) is 33.5 Å². The molecule has 1 fully saturated rings. The minimum absolute atomic E-state index is 0. The van der Waals surface area contributed by atoms with Gasteiger partial charge >= 0.3 is 11.9 Å². The average Bonchev–Trinajstić information content (AvgIpc) is 3.26. The van der Waals surface area contributed by atoms with Crippen LogP contribution in [0.15, 0.2) is 16.9 Å². The van der Waals surface area contributed by atoms with Crippen LogP contribution in [0.5, 0.6) is 0 Å². The normalized spacial score (nSPS) is 20.8. The van der Waals surface area contributed by atoms with Crippen LogP contribution in [0.3, 0.4) is 0 Å². The molecule has 2 aliphatic rings. The van der Waals surface area contributed by atoms with Gasteiger partial charge in [0.1, 0.15) is 23.7 Å². The van der Waals surface area contributed by atoms with Crippen molar-refractivity contribution in [2.24, 2.45) is 16.3 Å². The Labute approximate surface area is 233 Å².